The lowest BCUT2D eigenvalue weighted by molar-refractivity contribution is -0.136. The number of rotatable bonds is 7. The molecule has 0 aliphatic carbocycles. The number of hydrogen-bond acceptors (Lipinski definition) is 6. The third-order valence-corrected chi connectivity index (χ3v) is 6.46. The zero-order valence-electron chi connectivity index (χ0n) is 19.6. The number of fused-ring (bicyclic) bond motifs is 1. The van der Waals surface area contributed by atoms with E-state index in [1.54, 1.807) is 24.1 Å². The third-order valence-electron chi connectivity index (χ3n) is 6.46. The second-order valence-corrected chi connectivity index (χ2v) is 8.64. The van der Waals surface area contributed by atoms with Crippen molar-refractivity contribution in [3.8, 4) is 0 Å². The number of benzene rings is 3. The molecule has 36 heavy (non-hydrogen) atoms. The number of ether oxygens (including phenoxy) is 1. The molecule has 0 saturated heterocycles. The smallest absolute Gasteiger partial charge is 0.338 e. The molecule has 0 spiro atoms. The number of aliphatic carboxylic acids is 2. The molecule has 0 radical (unpaired) electrons. The molecule has 0 fully saturated rings. The molecular weight excluding hydrogens is 460 g/mol. The van der Waals surface area contributed by atoms with Gasteiger partial charge in [0.05, 0.1) is 11.1 Å². The lowest BCUT2D eigenvalue weighted by atomic mass is 9.74. The number of esters is 1. The zero-order valence-corrected chi connectivity index (χ0v) is 19.6. The number of nitrogens with zero attached hydrogens (tertiary/aromatic N) is 1. The maximum Gasteiger partial charge on any atom is 0.338 e. The van der Waals surface area contributed by atoms with Gasteiger partial charge in [0, 0.05) is 24.1 Å². The predicted molar refractivity (Wildman–Crippen MR) is 132 cm³/mol. The number of nitrogens with two attached hydrogens (primary N) is 1. The van der Waals surface area contributed by atoms with E-state index in [2.05, 4.69) is 0 Å². The van der Waals surface area contributed by atoms with Crippen LogP contribution in [0.15, 0.2) is 90.5 Å². The van der Waals surface area contributed by atoms with Gasteiger partial charge in [0.25, 0.3) is 0 Å². The Morgan fingerprint density at radius 3 is 2.25 bits per heavy atom. The van der Waals surface area contributed by atoms with Crippen LogP contribution < -0.4 is 5.73 Å². The molecule has 1 aliphatic rings. The van der Waals surface area contributed by atoms with Gasteiger partial charge in [-0.1, -0.05) is 72.8 Å². The van der Waals surface area contributed by atoms with E-state index in [4.69, 9.17) is 10.5 Å². The van der Waals surface area contributed by atoms with E-state index in [1.165, 1.54) is 6.07 Å². The summed E-state index contributed by atoms with van der Waals surface area (Å²) >= 11 is 0. The molecule has 1 heterocycles. The fourth-order valence-electron chi connectivity index (χ4n) is 4.73. The highest BCUT2D eigenvalue weighted by Gasteiger charge is 2.49. The largest absolute Gasteiger partial charge is 0.478 e. The Bertz CT molecular complexity index is 1320. The number of carboxylic acid groups (broad SMARTS) is 2. The molecule has 4 N–H and O–H groups in total. The van der Waals surface area contributed by atoms with E-state index in [1.807, 2.05) is 60.7 Å². The molecule has 3 aromatic rings. The lowest BCUT2D eigenvalue weighted by Crippen LogP contribution is -2.59. The Kier molecular flexibility index (Phi) is 7.00. The van der Waals surface area contributed by atoms with Crippen molar-refractivity contribution < 1.29 is 29.3 Å². The van der Waals surface area contributed by atoms with Crippen LogP contribution in [0.2, 0.25) is 0 Å². The minimum absolute atomic E-state index is 0.00954. The zero-order chi connectivity index (χ0) is 25.9. The molecule has 0 bridgehead atoms. The molecule has 3 aromatic carbocycles. The van der Waals surface area contributed by atoms with Crippen molar-refractivity contribution in [3.05, 3.63) is 118 Å². The van der Waals surface area contributed by atoms with Crippen molar-refractivity contribution in [2.45, 2.75) is 18.2 Å². The Hall–Kier alpha value is -4.27. The van der Waals surface area contributed by atoms with Crippen LogP contribution in [0.4, 0.5) is 0 Å². The van der Waals surface area contributed by atoms with E-state index >= 15 is 0 Å². The van der Waals surface area contributed by atoms with Gasteiger partial charge in [-0.3, -0.25) is 4.90 Å². The molecule has 8 nitrogen and oxygen atoms in total. The van der Waals surface area contributed by atoms with Crippen LogP contribution in [-0.2, 0) is 26.6 Å². The number of carboxylic acids is 2. The second kappa shape index (κ2) is 10.2. The first-order valence-electron chi connectivity index (χ1n) is 11.3. The number of likely N-dealkylation sites (N-methyl/N-ethyl adjacent to an activating group) is 1. The summed E-state index contributed by atoms with van der Waals surface area (Å²) in [6.07, 6.45) is 0.581. The molecule has 2 atom stereocenters. The maximum atomic E-state index is 13.4. The van der Waals surface area contributed by atoms with Gasteiger partial charge in [0.15, 0.2) is 0 Å². The fraction of sp³-hybridized carbons (Fsp3) is 0.179. The Morgan fingerprint density at radius 1 is 1.00 bits per heavy atom. The van der Waals surface area contributed by atoms with Crippen LogP contribution in [0.5, 0.6) is 0 Å². The van der Waals surface area contributed by atoms with Gasteiger partial charge in [-0.05, 0) is 29.8 Å². The topological polar surface area (TPSA) is 130 Å². The summed E-state index contributed by atoms with van der Waals surface area (Å²) in [7, 11) is 1.61. The van der Waals surface area contributed by atoms with Gasteiger partial charge in [0.2, 0.25) is 0 Å². The van der Waals surface area contributed by atoms with E-state index < -0.39 is 29.1 Å². The minimum Gasteiger partial charge on any atom is -0.478 e. The molecule has 8 heteroatoms. The van der Waals surface area contributed by atoms with Crippen molar-refractivity contribution in [1.29, 1.82) is 0 Å². The first-order chi connectivity index (χ1) is 17.2. The summed E-state index contributed by atoms with van der Waals surface area (Å²) < 4.78 is 5.57. The SMILES string of the molecule is CN1CC(c2ccccc2)c2cccc(C(=O)OCc3ccccc3)c2C1(N)C(=CC(=O)O)C(=O)O. The average Bonchev–Trinajstić information content (AvgIpc) is 2.88. The first-order valence-corrected chi connectivity index (χ1v) is 11.3. The van der Waals surface area contributed by atoms with Crippen LogP contribution in [0.25, 0.3) is 0 Å². The minimum atomic E-state index is -1.91. The number of hydrogen-bond donors (Lipinski definition) is 3. The summed E-state index contributed by atoms with van der Waals surface area (Å²) in [5.74, 6) is -3.89. The number of carbonyl (C=O) groups excluding carboxylic acids is 1. The van der Waals surface area contributed by atoms with Crippen LogP contribution in [-0.4, -0.2) is 46.6 Å². The van der Waals surface area contributed by atoms with Gasteiger partial charge in [-0.25, -0.2) is 14.4 Å². The van der Waals surface area contributed by atoms with Crippen LogP contribution in [0, 0.1) is 0 Å². The highest BCUT2D eigenvalue weighted by Crippen LogP contribution is 2.45. The van der Waals surface area contributed by atoms with Gasteiger partial charge < -0.3 is 20.7 Å². The average molecular weight is 487 g/mol. The van der Waals surface area contributed by atoms with E-state index in [0.29, 0.717) is 18.2 Å². The molecule has 1 aliphatic heterocycles. The van der Waals surface area contributed by atoms with Crippen molar-refractivity contribution in [3.63, 3.8) is 0 Å². The fourth-order valence-corrected chi connectivity index (χ4v) is 4.73. The summed E-state index contributed by atoms with van der Waals surface area (Å²) in [5.41, 5.74) is 6.98. The van der Waals surface area contributed by atoms with Crippen molar-refractivity contribution in [1.82, 2.24) is 4.90 Å². The monoisotopic (exact) mass is 486 g/mol. The molecule has 184 valence electrons. The van der Waals surface area contributed by atoms with Crippen LogP contribution in [0.1, 0.15) is 38.5 Å². The summed E-state index contributed by atoms with van der Waals surface area (Å²) in [6, 6.07) is 23.7. The van der Waals surface area contributed by atoms with Crippen molar-refractivity contribution in [2.24, 2.45) is 5.73 Å². The summed E-state index contributed by atoms with van der Waals surface area (Å²) in [6.45, 7) is 0.301. The molecule has 0 aromatic heterocycles. The maximum absolute atomic E-state index is 13.4. The van der Waals surface area contributed by atoms with Crippen molar-refractivity contribution in [2.75, 3.05) is 13.6 Å². The van der Waals surface area contributed by atoms with Crippen LogP contribution >= 0.6 is 0 Å². The Labute approximate surface area is 208 Å². The van der Waals surface area contributed by atoms with E-state index in [9.17, 15) is 24.6 Å². The van der Waals surface area contributed by atoms with Crippen LogP contribution in [0.3, 0.4) is 0 Å². The van der Waals surface area contributed by atoms with Gasteiger partial charge in [-0.2, -0.15) is 0 Å². The highest BCUT2D eigenvalue weighted by atomic mass is 16.5. The van der Waals surface area contributed by atoms with E-state index in [0.717, 1.165) is 11.1 Å². The highest BCUT2D eigenvalue weighted by molar-refractivity contribution is 5.99. The second-order valence-electron chi connectivity index (χ2n) is 8.64. The predicted octanol–water partition coefficient (Wildman–Crippen LogP) is 3.33. The van der Waals surface area contributed by atoms with Crippen molar-refractivity contribution >= 4 is 17.9 Å². The molecule has 0 amide bonds. The normalized spacial score (nSPS) is 19.8. The quantitative estimate of drug-likeness (QED) is 0.343. The third kappa shape index (κ3) is 4.64. The van der Waals surface area contributed by atoms with Gasteiger partial charge >= 0.3 is 17.9 Å². The van der Waals surface area contributed by atoms with E-state index in [-0.39, 0.29) is 23.7 Å². The Morgan fingerprint density at radius 2 is 1.64 bits per heavy atom. The molecule has 4 rings (SSSR count). The lowest BCUT2D eigenvalue weighted by Gasteiger charge is -2.47. The molecular formula is C28H26N2O6. The summed E-state index contributed by atoms with van der Waals surface area (Å²) in [4.78, 5) is 38.8. The Balaban J connectivity index is 1.90. The summed E-state index contributed by atoms with van der Waals surface area (Å²) in [5, 5.41) is 19.4. The number of carbonyl (C=O) groups is 3. The van der Waals surface area contributed by atoms with Gasteiger partial charge in [-0.15, -0.1) is 0 Å². The molecule has 2 unspecified atom stereocenters. The standard InChI is InChI=1S/C28H26N2O6/c1-30-16-22(19-11-6-3-7-12-19)20-13-8-14-21(27(35)36-17-18-9-4-2-5-10-18)25(20)28(30,29)23(26(33)34)15-24(31)32/h2-15,22H,16-17,29H2,1H3,(H,31,32)(H,33,34). The van der Waals surface area contributed by atoms with Gasteiger partial charge in [0.1, 0.15) is 12.3 Å². The first kappa shape index (κ1) is 24.8. The molecule has 0 saturated carbocycles.